The standard InChI is InChI=1S/C22H21ClN4O4/c1-14-13-25(19-9-8-17(27(29)30)12-18(19)23)10-11-26(14)22(28)20-15(2)31-24-21(20)16-6-4-3-5-7-16/h3-9,12,14H,10-11,13H2,1-2H3. The van der Waals surface area contributed by atoms with Crippen molar-refractivity contribution in [2.75, 3.05) is 24.5 Å². The molecule has 0 bridgehead atoms. The average molecular weight is 441 g/mol. The minimum atomic E-state index is -0.472. The van der Waals surface area contributed by atoms with E-state index in [9.17, 15) is 14.9 Å². The zero-order valence-electron chi connectivity index (χ0n) is 17.1. The van der Waals surface area contributed by atoms with Crippen LogP contribution in [-0.2, 0) is 0 Å². The minimum Gasteiger partial charge on any atom is -0.366 e. The quantitative estimate of drug-likeness (QED) is 0.436. The number of rotatable bonds is 4. The van der Waals surface area contributed by atoms with E-state index < -0.39 is 4.92 Å². The molecule has 8 nitrogen and oxygen atoms in total. The lowest BCUT2D eigenvalue weighted by Crippen LogP contribution is -2.54. The fourth-order valence-electron chi connectivity index (χ4n) is 3.90. The second-order valence-electron chi connectivity index (χ2n) is 7.51. The highest BCUT2D eigenvalue weighted by Gasteiger charge is 2.33. The van der Waals surface area contributed by atoms with E-state index in [1.165, 1.54) is 12.1 Å². The Kier molecular flexibility index (Phi) is 5.65. The number of halogens is 1. The first-order chi connectivity index (χ1) is 14.9. The Morgan fingerprint density at radius 1 is 1.23 bits per heavy atom. The van der Waals surface area contributed by atoms with Crippen LogP contribution in [0.25, 0.3) is 11.3 Å². The van der Waals surface area contributed by atoms with Crippen molar-refractivity contribution in [3.8, 4) is 11.3 Å². The van der Waals surface area contributed by atoms with E-state index >= 15 is 0 Å². The number of carbonyl (C=O) groups is 1. The maximum atomic E-state index is 13.4. The molecule has 160 valence electrons. The van der Waals surface area contributed by atoms with Gasteiger partial charge in [0.1, 0.15) is 17.0 Å². The van der Waals surface area contributed by atoms with Gasteiger partial charge in [-0.25, -0.2) is 0 Å². The molecule has 1 atom stereocenters. The summed E-state index contributed by atoms with van der Waals surface area (Å²) < 4.78 is 5.35. The Hall–Kier alpha value is -3.39. The van der Waals surface area contributed by atoms with Crippen LogP contribution in [0.3, 0.4) is 0 Å². The topological polar surface area (TPSA) is 92.7 Å². The highest BCUT2D eigenvalue weighted by molar-refractivity contribution is 6.33. The molecule has 0 radical (unpaired) electrons. The molecule has 0 saturated carbocycles. The smallest absolute Gasteiger partial charge is 0.271 e. The monoisotopic (exact) mass is 440 g/mol. The van der Waals surface area contributed by atoms with Crippen LogP contribution in [0, 0.1) is 17.0 Å². The summed E-state index contributed by atoms with van der Waals surface area (Å²) in [5.74, 6) is 0.358. The van der Waals surface area contributed by atoms with Crippen molar-refractivity contribution >= 4 is 28.9 Å². The summed E-state index contributed by atoms with van der Waals surface area (Å²) in [5.41, 5.74) is 2.51. The van der Waals surface area contributed by atoms with Gasteiger partial charge in [-0.15, -0.1) is 0 Å². The van der Waals surface area contributed by atoms with Crippen molar-refractivity contribution in [2.24, 2.45) is 0 Å². The zero-order valence-corrected chi connectivity index (χ0v) is 17.9. The Morgan fingerprint density at radius 3 is 2.61 bits per heavy atom. The number of nitro groups is 1. The first kappa shape index (κ1) is 20.9. The van der Waals surface area contributed by atoms with E-state index in [2.05, 4.69) is 5.16 Å². The molecule has 1 fully saturated rings. The van der Waals surface area contributed by atoms with Gasteiger partial charge in [0.2, 0.25) is 0 Å². The molecule has 31 heavy (non-hydrogen) atoms. The molecular formula is C22H21ClN4O4. The summed E-state index contributed by atoms with van der Waals surface area (Å²) in [5, 5.41) is 15.4. The number of anilines is 1. The summed E-state index contributed by atoms with van der Waals surface area (Å²) >= 11 is 6.30. The van der Waals surface area contributed by atoms with Crippen LogP contribution in [0.5, 0.6) is 0 Å². The van der Waals surface area contributed by atoms with E-state index in [0.717, 1.165) is 11.3 Å². The largest absolute Gasteiger partial charge is 0.366 e. The summed E-state index contributed by atoms with van der Waals surface area (Å²) in [4.78, 5) is 27.8. The molecule has 1 unspecified atom stereocenters. The molecular weight excluding hydrogens is 420 g/mol. The molecule has 4 rings (SSSR count). The second kappa shape index (κ2) is 8.39. The van der Waals surface area contributed by atoms with Gasteiger partial charge in [0.15, 0.2) is 0 Å². The molecule has 2 aromatic carbocycles. The first-order valence-corrected chi connectivity index (χ1v) is 10.3. The lowest BCUT2D eigenvalue weighted by atomic mass is 10.0. The van der Waals surface area contributed by atoms with Crippen LogP contribution < -0.4 is 4.90 Å². The molecule has 0 N–H and O–H groups in total. The molecule has 1 amide bonds. The highest BCUT2D eigenvalue weighted by Crippen LogP contribution is 2.32. The maximum Gasteiger partial charge on any atom is 0.271 e. The number of carbonyl (C=O) groups excluding carboxylic acids is 1. The van der Waals surface area contributed by atoms with Crippen molar-refractivity contribution < 1.29 is 14.2 Å². The predicted molar refractivity (Wildman–Crippen MR) is 117 cm³/mol. The molecule has 2 heterocycles. The Labute approximate surface area is 184 Å². The molecule has 9 heteroatoms. The van der Waals surface area contributed by atoms with Crippen molar-refractivity contribution in [3.05, 3.63) is 75.0 Å². The van der Waals surface area contributed by atoms with Crippen molar-refractivity contribution in [1.29, 1.82) is 0 Å². The van der Waals surface area contributed by atoms with E-state index in [0.29, 0.717) is 41.7 Å². The summed E-state index contributed by atoms with van der Waals surface area (Å²) in [6.07, 6.45) is 0. The SMILES string of the molecule is Cc1onc(-c2ccccc2)c1C(=O)N1CCN(c2ccc([N+](=O)[O-])cc2Cl)CC1C. The van der Waals surface area contributed by atoms with Gasteiger partial charge in [-0.1, -0.05) is 47.1 Å². The molecule has 1 aromatic heterocycles. The molecule has 1 aliphatic heterocycles. The molecule has 0 aliphatic carbocycles. The van der Waals surface area contributed by atoms with E-state index in [1.807, 2.05) is 47.1 Å². The van der Waals surface area contributed by atoms with Gasteiger partial charge < -0.3 is 14.3 Å². The molecule has 1 aliphatic rings. The zero-order chi connectivity index (χ0) is 22.1. The van der Waals surface area contributed by atoms with E-state index in [4.69, 9.17) is 16.1 Å². The lowest BCUT2D eigenvalue weighted by molar-refractivity contribution is -0.384. The van der Waals surface area contributed by atoms with Crippen LogP contribution in [0.2, 0.25) is 5.02 Å². The van der Waals surface area contributed by atoms with E-state index in [-0.39, 0.29) is 17.6 Å². The minimum absolute atomic E-state index is 0.0491. The van der Waals surface area contributed by atoms with Crippen molar-refractivity contribution in [3.63, 3.8) is 0 Å². The highest BCUT2D eigenvalue weighted by atomic mass is 35.5. The number of nitrogens with zero attached hydrogens (tertiary/aromatic N) is 4. The normalized spacial score (nSPS) is 16.4. The van der Waals surface area contributed by atoms with Crippen LogP contribution in [0.4, 0.5) is 11.4 Å². The summed E-state index contributed by atoms with van der Waals surface area (Å²) in [6.45, 7) is 5.29. The summed E-state index contributed by atoms with van der Waals surface area (Å²) in [7, 11) is 0. The fourth-order valence-corrected chi connectivity index (χ4v) is 4.20. The second-order valence-corrected chi connectivity index (χ2v) is 7.92. The van der Waals surface area contributed by atoms with Gasteiger partial charge in [0.25, 0.3) is 11.6 Å². The Balaban J connectivity index is 1.55. The van der Waals surface area contributed by atoms with Crippen molar-refractivity contribution in [1.82, 2.24) is 10.1 Å². The molecule has 3 aromatic rings. The molecule has 0 spiro atoms. The number of aryl methyl sites for hydroxylation is 1. The average Bonchev–Trinajstić information content (AvgIpc) is 3.15. The number of non-ortho nitro benzene ring substituents is 1. The number of aromatic nitrogens is 1. The van der Waals surface area contributed by atoms with Crippen LogP contribution >= 0.6 is 11.6 Å². The molecule has 1 saturated heterocycles. The lowest BCUT2D eigenvalue weighted by Gasteiger charge is -2.41. The number of hydrogen-bond donors (Lipinski definition) is 0. The number of hydrogen-bond acceptors (Lipinski definition) is 6. The predicted octanol–water partition coefficient (Wildman–Crippen LogP) is 4.56. The number of benzene rings is 2. The van der Waals surface area contributed by atoms with Gasteiger partial charge in [-0.3, -0.25) is 14.9 Å². The van der Waals surface area contributed by atoms with Gasteiger partial charge in [0.05, 0.1) is 15.6 Å². The van der Waals surface area contributed by atoms with Gasteiger partial charge in [-0.05, 0) is 19.9 Å². The number of piperazine rings is 1. The maximum absolute atomic E-state index is 13.4. The third kappa shape index (κ3) is 3.98. The van der Waals surface area contributed by atoms with Gasteiger partial charge in [0, 0.05) is 43.4 Å². The van der Waals surface area contributed by atoms with Crippen molar-refractivity contribution in [2.45, 2.75) is 19.9 Å². The first-order valence-electron chi connectivity index (χ1n) is 9.88. The van der Waals surface area contributed by atoms with Gasteiger partial charge in [-0.2, -0.15) is 0 Å². The van der Waals surface area contributed by atoms with Crippen LogP contribution in [0.1, 0.15) is 23.0 Å². The van der Waals surface area contributed by atoms with Crippen LogP contribution in [-0.4, -0.2) is 46.6 Å². The third-order valence-electron chi connectivity index (χ3n) is 5.49. The Bertz CT molecular complexity index is 1130. The van der Waals surface area contributed by atoms with Gasteiger partial charge >= 0.3 is 0 Å². The third-order valence-corrected chi connectivity index (χ3v) is 5.80. The summed E-state index contributed by atoms with van der Waals surface area (Å²) in [6, 6.07) is 13.8. The number of nitro benzene ring substituents is 1. The fraction of sp³-hybridized carbons (Fsp3) is 0.273. The Morgan fingerprint density at radius 2 is 1.97 bits per heavy atom. The van der Waals surface area contributed by atoms with Crippen LogP contribution in [0.15, 0.2) is 53.1 Å². The number of amides is 1. The van der Waals surface area contributed by atoms with E-state index in [1.54, 1.807) is 13.0 Å².